The van der Waals surface area contributed by atoms with Gasteiger partial charge in [-0.25, -0.2) is 17.5 Å². The largest absolute Gasteiger partial charge is 0.368 e. The normalized spacial score (nSPS) is 18.1. The van der Waals surface area contributed by atoms with E-state index < -0.39 is 27.8 Å². The number of nitrogens with two attached hydrogens (primary N) is 1. The third-order valence-electron chi connectivity index (χ3n) is 5.35. The molecule has 0 fully saturated rings. The lowest BCUT2D eigenvalue weighted by molar-refractivity contribution is -0.119. The molecule has 0 saturated carbocycles. The maximum Gasteiger partial charge on any atom is 0.274 e. The van der Waals surface area contributed by atoms with Gasteiger partial charge in [-0.3, -0.25) is 14.6 Å². The van der Waals surface area contributed by atoms with Crippen LogP contribution in [-0.2, 0) is 26.0 Å². The van der Waals surface area contributed by atoms with Gasteiger partial charge in [-0.1, -0.05) is 0 Å². The first-order valence-electron chi connectivity index (χ1n) is 9.51. The zero-order valence-corrected chi connectivity index (χ0v) is 17.4. The third-order valence-corrected chi connectivity index (χ3v) is 6.76. The molecule has 162 valence electrons. The first kappa shape index (κ1) is 20.9. The molecule has 0 radical (unpaired) electrons. The summed E-state index contributed by atoms with van der Waals surface area (Å²) < 4.78 is 39.6. The van der Waals surface area contributed by atoms with Crippen LogP contribution in [0.4, 0.5) is 15.8 Å². The molecule has 0 aromatic heterocycles. The van der Waals surface area contributed by atoms with Crippen LogP contribution in [0.2, 0.25) is 0 Å². The van der Waals surface area contributed by atoms with Crippen molar-refractivity contribution in [1.29, 1.82) is 0 Å². The molecule has 2 heterocycles. The Morgan fingerprint density at radius 3 is 2.55 bits per heavy atom. The lowest BCUT2D eigenvalue weighted by Crippen LogP contribution is -2.40. The lowest BCUT2D eigenvalue weighted by atomic mass is 10.1. The minimum absolute atomic E-state index is 0.0175. The van der Waals surface area contributed by atoms with Gasteiger partial charge in [0.1, 0.15) is 17.6 Å². The van der Waals surface area contributed by atoms with E-state index in [1.54, 1.807) is 12.1 Å². The van der Waals surface area contributed by atoms with Crippen LogP contribution in [-0.4, -0.2) is 45.6 Å². The molecule has 0 spiro atoms. The molecule has 2 aliphatic rings. The Morgan fingerprint density at radius 1 is 1.19 bits per heavy atom. The van der Waals surface area contributed by atoms with Crippen LogP contribution in [0.1, 0.15) is 12.0 Å². The minimum atomic E-state index is -3.59. The fourth-order valence-corrected chi connectivity index (χ4v) is 4.50. The fraction of sp³-hybridized carbons (Fsp3) is 0.250. The second-order valence-electron chi connectivity index (χ2n) is 7.19. The molecule has 0 bridgehead atoms. The number of hydrogen-bond acceptors (Lipinski definition) is 6. The minimum Gasteiger partial charge on any atom is -0.368 e. The van der Waals surface area contributed by atoms with Crippen molar-refractivity contribution in [2.75, 3.05) is 23.5 Å². The summed E-state index contributed by atoms with van der Waals surface area (Å²) in [5, 5.41) is 5.64. The summed E-state index contributed by atoms with van der Waals surface area (Å²) in [7, 11) is -2.26. The van der Waals surface area contributed by atoms with E-state index in [1.807, 2.05) is 0 Å². The van der Waals surface area contributed by atoms with Crippen molar-refractivity contribution in [2.24, 2.45) is 10.8 Å². The lowest BCUT2D eigenvalue weighted by Gasteiger charge is -2.20. The van der Waals surface area contributed by atoms with Crippen LogP contribution in [0, 0.1) is 5.82 Å². The molecule has 2 aromatic rings. The molecule has 9 nitrogen and oxygen atoms in total. The van der Waals surface area contributed by atoms with Crippen molar-refractivity contribution in [1.82, 2.24) is 4.72 Å². The number of nitrogens with zero attached hydrogens (tertiary/aromatic N) is 3. The van der Waals surface area contributed by atoms with Crippen molar-refractivity contribution in [3.63, 3.8) is 0 Å². The Hall–Kier alpha value is -3.31. The number of benzene rings is 2. The van der Waals surface area contributed by atoms with Gasteiger partial charge in [0.25, 0.3) is 5.91 Å². The van der Waals surface area contributed by atoms with E-state index in [9.17, 15) is 22.4 Å². The summed E-state index contributed by atoms with van der Waals surface area (Å²) in [6, 6.07) is 9.07. The van der Waals surface area contributed by atoms with Crippen molar-refractivity contribution in [3.8, 4) is 0 Å². The Balaban J connectivity index is 1.63. The van der Waals surface area contributed by atoms with E-state index >= 15 is 0 Å². The smallest absolute Gasteiger partial charge is 0.274 e. The van der Waals surface area contributed by atoms with Crippen LogP contribution in [0.5, 0.6) is 0 Å². The van der Waals surface area contributed by atoms with Gasteiger partial charge in [-0.05, 0) is 61.5 Å². The highest BCUT2D eigenvalue weighted by atomic mass is 32.2. The number of rotatable bonds is 5. The molecular weight excluding hydrogens is 425 g/mol. The van der Waals surface area contributed by atoms with E-state index in [0.29, 0.717) is 24.3 Å². The van der Waals surface area contributed by atoms with Crippen LogP contribution in [0.15, 0.2) is 52.5 Å². The van der Waals surface area contributed by atoms with Gasteiger partial charge in [0.05, 0.1) is 10.6 Å². The van der Waals surface area contributed by atoms with Gasteiger partial charge in [-0.2, -0.15) is 5.10 Å². The highest BCUT2D eigenvalue weighted by molar-refractivity contribution is 7.89. The average molecular weight is 445 g/mol. The van der Waals surface area contributed by atoms with Crippen molar-refractivity contribution in [3.05, 3.63) is 53.8 Å². The van der Waals surface area contributed by atoms with Crippen molar-refractivity contribution < 1.29 is 22.4 Å². The van der Waals surface area contributed by atoms with E-state index in [4.69, 9.17) is 5.73 Å². The number of anilines is 2. The molecule has 11 heteroatoms. The fourth-order valence-electron chi connectivity index (χ4n) is 3.72. The van der Waals surface area contributed by atoms with Gasteiger partial charge in [-0.15, -0.1) is 0 Å². The number of hydrazone groups is 1. The average Bonchev–Trinajstić information content (AvgIpc) is 3.38. The predicted molar refractivity (Wildman–Crippen MR) is 113 cm³/mol. The number of hydrogen-bond donors (Lipinski definition) is 2. The number of primary amides is 1. The number of amides is 2. The Morgan fingerprint density at radius 2 is 1.90 bits per heavy atom. The first-order chi connectivity index (χ1) is 14.7. The summed E-state index contributed by atoms with van der Waals surface area (Å²) in [5.74, 6) is -1.48. The van der Waals surface area contributed by atoms with Crippen LogP contribution in [0.3, 0.4) is 0 Å². The summed E-state index contributed by atoms with van der Waals surface area (Å²) in [4.78, 5) is 26.8. The maximum atomic E-state index is 13.3. The van der Waals surface area contributed by atoms with Crippen LogP contribution >= 0.6 is 0 Å². The van der Waals surface area contributed by atoms with Crippen LogP contribution in [0.25, 0.3) is 0 Å². The summed E-state index contributed by atoms with van der Waals surface area (Å²) in [5.41, 5.74) is 7.41. The number of carbonyl (C=O) groups is 2. The molecule has 0 aliphatic carbocycles. The Kier molecular flexibility index (Phi) is 5.23. The van der Waals surface area contributed by atoms with E-state index in [1.165, 1.54) is 47.3 Å². The third kappa shape index (κ3) is 3.77. The first-order valence-corrected chi connectivity index (χ1v) is 11.0. The van der Waals surface area contributed by atoms with E-state index in [2.05, 4.69) is 9.82 Å². The van der Waals surface area contributed by atoms with Gasteiger partial charge in [0.15, 0.2) is 0 Å². The molecule has 1 atom stereocenters. The molecule has 3 N–H and O–H groups in total. The van der Waals surface area contributed by atoms with Gasteiger partial charge >= 0.3 is 0 Å². The number of nitrogens with one attached hydrogen (secondary N) is 1. The van der Waals surface area contributed by atoms with E-state index in [-0.39, 0.29) is 22.9 Å². The highest BCUT2D eigenvalue weighted by Gasteiger charge is 2.38. The SMILES string of the molecule is CNS(=O)(=O)c1ccc2c(c1)CCN2C(=O)C1=NN(c2ccc(F)cc2)C(C(N)=O)C1. The van der Waals surface area contributed by atoms with E-state index in [0.717, 1.165) is 5.56 Å². The van der Waals surface area contributed by atoms with Gasteiger partial charge < -0.3 is 10.6 Å². The predicted octanol–water partition coefficient (Wildman–Crippen LogP) is 0.743. The van der Waals surface area contributed by atoms with Crippen LogP contribution < -0.4 is 20.4 Å². The molecular formula is C20H20FN5O4S. The standard InChI is InChI=1S/C20H20FN5O4S/c1-23-31(29,30)15-6-7-17-12(10-15)8-9-25(17)20(28)16-11-18(19(22)27)26(24-16)14-4-2-13(21)3-5-14/h2-7,10,18,23H,8-9,11H2,1H3,(H2,22,27). The number of fused-ring (bicyclic) bond motifs is 1. The highest BCUT2D eigenvalue weighted by Crippen LogP contribution is 2.32. The number of halogens is 1. The molecule has 2 amide bonds. The van der Waals surface area contributed by atoms with Crippen molar-refractivity contribution in [2.45, 2.75) is 23.8 Å². The summed E-state index contributed by atoms with van der Waals surface area (Å²) in [6.45, 7) is 0.355. The molecule has 2 aromatic carbocycles. The topological polar surface area (TPSA) is 125 Å². The summed E-state index contributed by atoms with van der Waals surface area (Å²) in [6.07, 6.45) is 0.506. The second-order valence-corrected chi connectivity index (χ2v) is 9.08. The Labute approximate surface area is 178 Å². The molecule has 2 aliphatic heterocycles. The zero-order chi connectivity index (χ0) is 22.3. The molecule has 1 unspecified atom stereocenters. The van der Waals surface area contributed by atoms with Gasteiger partial charge in [0.2, 0.25) is 15.9 Å². The quantitative estimate of drug-likeness (QED) is 0.702. The van der Waals surface area contributed by atoms with Gasteiger partial charge in [0, 0.05) is 18.7 Å². The number of carbonyl (C=O) groups excluding carboxylic acids is 2. The Bertz CT molecular complexity index is 1200. The molecule has 4 rings (SSSR count). The summed E-state index contributed by atoms with van der Waals surface area (Å²) >= 11 is 0. The second kappa shape index (κ2) is 7.75. The van der Waals surface area contributed by atoms with Crippen molar-refractivity contribution >= 4 is 38.9 Å². The zero-order valence-electron chi connectivity index (χ0n) is 16.6. The number of sulfonamides is 1. The molecule has 31 heavy (non-hydrogen) atoms. The monoisotopic (exact) mass is 445 g/mol. The maximum absolute atomic E-state index is 13.3. The molecule has 0 saturated heterocycles.